The van der Waals surface area contributed by atoms with E-state index in [1.54, 1.807) is 12.4 Å². The lowest BCUT2D eigenvalue weighted by Gasteiger charge is -2.42. The summed E-state index contributed by atoms with van der Waals surface area (Å²) in [6.45, 7) is 6.84. The number of aromatic nitrogens is 2. The van der Waals surface area contributed by atoms with E-state index in [0.717, 1.165) is 19.6 Å². The van der Waals surface area contributed by atoms with Crippen LogP contribution in [0.15, 0.2) is 12.4 Å². The number of nitrogens with zero attached hydrogens (tertiary/aromatic N) is 5. The lowest BCUT2D eigenvalue weighted by Crippen LogP contribution is -2.57. The van der Waals surface area contributed by atoms with E-state index in [-0.39, 0.29) is 12.1 Å². The number of rotatable bonds is 3. The first kappa shape index (κ1) is 16.5. The smallest absolute Gasteiger partial charge is 0.322 e. The van der Waals surface area contributed by atoms with Crippen LogP contribution < -0.4 is 10.2 Å². The molecular formula is C15H26N6O. The third-order valence-corrected chi connectivity index (χ3v) is 3.94. The van der Waals surface area contributed by atoms with Gasteiger partial charge in [-0.2, -0.15) is 0 Å². The predicted molar refractivity (Wildman–Crippen MR) is 88.2 cm³/mol. The molecule has 2 rings (SSSR count). The normalized spacial score (nSPS) is 19.4. The van der Waals surface area contributed by atoms with Gasteiger partial charge in [-0.1, -0.05) is 13.8 Å². The molecule has 22 heavy (non-hydrogen) atoms. The maximum absolute atomic E-state index is 12.5. The number of amides is 2. The number of carbonyl (C=O) groups is 1. The third-order valence-electron chi connectivity index (χ3n) is 3.94. The van der Waals surface area contributed by atoms with Gasteiger partial charge in [0.1, 0.15) is 0 Å². The Morgan fingerprint density at radius 3 is 2.50 bits per heavy atom. The van der Waals surface area contributed by atoms with Crippen molar-refractivity contribution < 1.29 is 4.79 Å². The minimum Gasteiger partial charge on any atom is -0.347 e. The van der Waals surface area contributed by atoms with Crippen molar-refractivity contribution in [1.29, 1.82) is 0 Å². The number of hydrogen-bond acceptors (Lipinski definition) is 5. The van der Waals surface area contributed by atoms with Crippen LogP contribution in [-0.4, -0.2) is 72.6 Å². The van der Waals surface area contributed by atoms with Gasteiger partial charge in [0.05, 0.1) is 18.1 Å². The molecule has 1 atom stereocenters. The summed E-state index contributed by atoms with van der Waals surface area (Å²) < 4.78 is 0. The lowest BCUT2D eigenvalue weighted by atomic mass is 10.0. The number of likely N-dealkylation sites (N-methyl/N-ethyl adjacent to an activating group) is 1. The van der Waals surface area contributed by atoms with Gasteiger partial charge in [-0.25, -0.2) is 14.8 Å². The summed E-state index contributed by atoms with van der Waals surface area (Å²) in [6.07, 6.45) is 3.28. The van der Waals surface area contributed by atoms with Crippen molar-refractivity contribution in [3.63, 3.8) is 0 Å². The number of urea groups is 1. The van der Waals surface area contributed by atoms with E-state index in [1.807, 2.05) is 23.9 Å². The highest BCUT2D eigenvalue weighted by Gasteiger charge is 2.31. The van der Waals surface area contributed by atoms with E-state index in [1.165, 1.54) is 0 Å². The zero-order valence-corrected chi connectivity index (χ0v) is 14.1. The maximum atomic E-state index is 12.5. The highest BCUT2D eigenvalue weighted by Crippen LogP contribution is 2.18. The van der Waals surface area contributed by atoms with Gasteiger partial charge in [-0.05, 0) is 13.0 Å². The zero-order chi connectivity index (χ0) is 16.3. The van der Waals surface area contributed by atoms with Gasteiger partial charge in [0.15, 0.2) is 0 Å². The maximum Gasteiger partial charge on any atom is 0.322 e. The molecule has 1 N–H and O–H groups in total. The van der Waals surface area contributed by atoms with Gasteiger partial charge in [0.2, 0.25) is 5.95 Å². The molecule has 1 aliphatic rings. The van der Waals surface area contributed by atoms with E-state index >= 15 is 0 Å². The summed E-state index contributed by atoms with van der Waals surface area (Å²) in [5, 5.41) is 2.90. The fourth-order valence-corrected chi connectivity index (χ4v) is 2.59. The molecule has 1 aromatic heterocycles. The topological polar surface area (TPSA) is 64.6 Å². The highest BCUT2D eigenvalue weighted by atomic mass is 16.2. The summed E-state index contributed by atoms with van der Waals surface area (Å²) in [5.41, 5.74) is 0.622. The van der Waals surface area contributed by atoms with Crippen molar-refractivity contribution in [2.75, 3.05) is 51.0 Å². The van der Waals surface area contributed by atoms with Crippen molar-refractivity contribution >= 4 is 17.7 Å². The molecule has 0 bridgehead atoms. The second-order valence-electron chi connectivity index (χ2n) is 6.36. The Labute approximate surface area is 132 Å². The molecule has 0 saturated carbocycles. The summed E-state index contributed by atoms with van der Waals surface area (Å²) >= 11 is 0. The third kappa shape index (κ3) is 3.85. The van der Waals surface area contributed by atoms with Crippen LogP contribution in [0.25, 0.3) is 0 Å². The SMILES string of the molecule is CC(C)C1CN(C)CCN1C(=O)Nc1cnc(N(C)C)nc1. The molecule has 122 valence electrons. The molecule has 2 heterocycles. The minimum atomic E-state index is -0.0759. The molecule has 0 spiro atoms. The second kappa shape index (κ2) is 6.91. The largest absolute Gasteiger partial charge is 0.347 e. The zero-order valence-electron chi connectivity index (χ0n) is 14.1. The van der Waals surface area contributed by atoms with Crippen molar-refractivity contribution in [2.45, 2.75) is 19.9 Å². The molecular weight excluding hydrogens is 280 g/mol. The van der Waals surface area contributed by atoms with Crippen molar-refractivity contribution in [1.82, 2.24) is 19.8 Å². The van der Waals surface area contributed by atoms with Crippen molar-refractivity contribution in [3.8, 4) is 0 Å². The first-order valence-corrected chi connectivity index (χ1v) is 7.64. The molecule has 1 fully saturated rings. The Hall–Kier alpha value is -1.89. The predicted octanol–water partition coefficient (Wildman–Crippen LogP) is 1.35. The van der Waals surface area contributed by atoms with Gasteiger partial charge < -0.3 is 20.0 Å². The average Bonchev–Trinajstić information content (AvgIpc) is 2.47. The molecule has 7 heteroatoms. The molecule has 0 aromatic carbocycles. The summed E-state index contributed by atoms with van der Waals surface area (Å²) in [7, 11) is 5.86. The lowest BCUT2D eigenvalue weighted by molar-refractivity contribution is 0.0922. The fourth-order valence-electron chi connectivity index (χ4n) is 2.59. The first-order chi connectivity index (χ1) is 10.4. The molecule has 0 aliphatic carbocycles. The molecule has 1 aromatic rings. The van der Waals surface area contributed by atoms with Gasteiger partial charge in [-0.15, -0.1) is 0 Å². The standard InChI is InChI=1S/C15H26N6O/c1-11(2)13-10-20(5)6-7-21(13)15(22)18-12-8-16-14(17-9-12)19(3)4/h8-9,11,13H,6-7,10H2,1-5H3,(H,18,22). The number of piperazine rings is 1. The van der Waals surface area contributed by atoms with Crippen LogP contribution in [0, 0.1) is 5.92 Å². The fraction of sp³-hybridized carbons (Fsp3) is 0.667. The van der Waals surface area contributed by atoms with Crippen LogP contribution in [0.1, 0.15) is 13.8 Å². The number of nitrogens with one attached hydrogen (secondary N) is 1. The van der Waals surface area contributed by atoms with Crippen LogP contribution in [0.2, 0.25) is 0 Å². The van der Waals surface area contributed by atoms with Crippen LogP contribution >= 0.6 is 0 Å². The van der Waals surface area contributed by atoms with Crippen molar-refractivity contribution in [2.24, 2.45) is 5.92 Å². The Morgan fingerprint density at radius 2 is 1.95 bits per heavy atom. The van der Waals surface area contributed by atoms with E-state index in [2.05, 4.69) is 41.1 Å². The highest BCUT2D eigenvalue weighted by molar-refractivity contribution is 5.89. The Balaban J connectivity index is 2.04. The van der Waals surface area contributed by atoms with Gasteiger partial charge in [0.25, 0.3) is 0 Å². The van der Waals surface area contributed by atoms with E-state index in [9.17, 15) is 4.79 Å². The molecule has 1 saturated heterocycles. The van der Waals surface area contributed by atoms with Crippen LogP contribution in [0.3, 0.4) is 0 Å². The summed E-state index contributed by atoms with van der Waals surface area (Å²) in [5.74, 6) is 1.04. The van der Waals surface area contributed by atoms with E-state index < -0.39 is 0 Å². The molecule has 2 amide bonds. The first-order valence-electron chi connectivity index (χ1n) is 7.64. The summed E-state index contributed by atoms with van der Waals surface area (Å²) in [4.78, 5) is 27.0. The minimum absolute atomic E-state index is 0.0759. The van der Waals surface area contributed by atoms with E-state index in [4.69, 9.17) is 0 Å². The van der Waals surface area contributed by atoms with Gasteiger partial charge >= 0.3 is 6.03 Å². The number of anilines is 2. The van der Waals surface area contributed by atoms with E-state index in [0.29, 0.717) is 17.6 Å². The van der Waals surface area contributed by atoms with Crippen molar-refractivity contribution in [3.05, 3.63) is 12.4 Å². The number of carbonyl (C=O) groups excluding carboxylic acids is 1. The second-order valence-corrected chi connectivity index (χ2v) is 6.36. The molecule has 1 aliphatic heterocycles. The monoisotopic (exact) mass is 306 g/mol. The van der Waals surface area contributed by atoms with Crippen LogP contribution in [-0.2, 0) is 0 Å². The number of hydrogen-bond donors (Lipinski definition) is 1. The van der Waals surface area contributed by atoms with Gasteiger partial charge in [-0.3, -0.25) is 0 Å². The van der Waals surface area contributed by atoms with Gasteiger partial charge in [0, 0.05) is 39.8 Å². The van der Waals surface area contributed by atoms with Crippen LogP contribution in [0.5, 0.6) is 0 Å². The quantitative estimate of drug-likeness (QED) is 0.913. The Morgan fingerprint density at radius 1 is 1.32 bits per heavy atom. The molecule has 0 radical (unpaired) electrons. The molecule has 7 nitrogen and oxygen atoms in total. The summed E-state index contributed by atoms with van der Waals surface area (Å²) in [6, 6.07) is 0.147. The Bertz CT molecular complexity index is 501. The Kier molecular flexibility index (Phi) is 5.18. The van der Waals surface area contributed by atoms with Crippen LogP contribution in [0.4, 0.5) is 16.4 Å². The molecule has 1 unspecified atom stereocenters. The average molecular weight is 306 g/mol.